The van der Waals surface area contributed by atoms with Crippen molar-refractivity contribution in [1.82, 2.24) is 19.1 Å². The number of rotatable bonds is 12. The number of nitrogens with one attached hydrogen (secondary N) is 1. The number of hydrogen-bond acceptors (Lipinski definition) is 5. The summed E-state index contributed by atoms with van der Waals surface area (Å²) in [6, 6.07) is 155. The molecule has 23 rings (SSSR count). The molecule has 7 nitrogen and oxygen atoms in total. The van der Waals surface area contributed by atoms with Crippen molar-refractivity contribution >= 4 is 196 Å². The fourth-order valence-electron chi connectivity index (χ4n) is 17.5. The van der Waals surface area contributed by atoms with Gasteiger partial charge in [0.05, 0.1) is 33.4 Å². The SMILES string of the molecule is Brc1ccc2c3ccc(Br)cc3c3c(nc(-c4cccc5ccccc45)n3-c3ccccc3)c2c1.c1ccc(N(c2ccc3c4ccc(N(c5ccccc5)c5cccc6ccccc56)cc4c4c(nc(-c5cccc6ccccc56)n4-c4ccccc4)c3c2)c2cccc3ccccc23)cc1.c1ccc(Nc2cccc3ccccc23)cc1. The van der Waals surface area contributed by atoms with Gasteiger partial charge < -0.3 is 15.1 Å². The molecule has 0 bridgehead atoms. The van der Waals surface area contributed by atoms with Crippen LogP contribution in [-0.2, 0) is 0 Å². The second kappa shape index (κ2) is 31.1. The highest BCUT2D eigenvalue weighted by molar-refractivity contribution is 9.10. The van der Waals surface area contributed by atoms with Crippen LogP contribution in [0, 0.1) is 0 Å². The molecule has 0 aliphatic carbocycles. The van der Waals surface area contributed by atoms with Crippen LogP contribution in [0.3, 0.4) is 0 Å². The highest BCUT2D eigenvalue weighted by atomic mass is 79.9. The Kier molecular flexibility index (Phi) is 18.8. The molecule has 21 aromatic carbocycles. The zero-order valence-electron chi connectivity index (χ0n) is 64.5. The van der Waals surface area contributed by atoms with Crippen molar-refractivity contribution in [3.05, 3.63) is 446 Å². The summed E-state index contributed by atoms with van der Waals surface area (Å²) in [7, 11) is 0. The summed E-state index contributed by atoms with van der Waals surface area (Å²) in [6.45, 7) is 0. The van der Waals surface area contributed by atoms with Crippen LogP contribution >= 0.6 is 31.9 Å². The van der Waals surface area contributed by atoms with Crippen molar-refractivity contribution < 1.29 is 0 Å². The van der Waals surface area contributed by atoms with E-state index < -0.39 is 0 Å². The number of imidazole rings is 2. The maximum absolute atomic E-state index is 5.85. The molecule has 0 unspecified atom stereocenters. The van der Waals surface area contributed by atoms with Gasteiger partial charge in [-0.05, 0) is 187 Å². The van der Waals surface area contributed by atoms with E-state index in [1.54, 1.807) is 0 Å². The lowest BCUT2D eigenvalue weighted by molar-refractivity contribution is 1.11. The minimum Gasteiger partial charge on any atom is -0.355 e. The molecule has 0 aliphatic rings. The van der Waals surface area contributed by atoms with Crippen LogP contribution in [-0.4, -0.2) is 19.1 Å². The smallest absolute Gasteiger partial charge is 0.146 e. The maximum Gasteiger partial charge on any atom is 0.146 e. The highest BCUT2D eigenvalue weighted by Crippen LogP contribution is 2.49. The fraction of sp³-hybridized carbons (Fsp3) is 0. The lowest BCUT2D eigenvalue weighted by Gasteiger charge is -2.28. The van der Waals surface area contributed by atoms with Gasteiger partial charge in [0.25, 0.3) is 0 Å². The number of para-hydroxylation sites is 5. The Morgan fingerprint density at radius 3 is 1.01 bits per heavy atom. The largest absolute Gasteiger partial charge is 0.355 e. The number of hydrogen-bond donors (Lipinski definition) is 1. The molecule has 0 radical (unpaired) electrons. The van der Waals surface area contributed by atoms with Crippen molar-refractivity contribution in [3.8, 4) is 34.2 Å². The molecular formula is C110H73Br2N7. The zero-order valence-corrected chi connectivity index (χ0v) is 67.7. The van der Waals surface area contributed by atoms with Crippen LogP contribution in [0.1, 0.15) is 0 Å². The third-order valence-electron chi connectivity index (χ3n) is 22.8. The fourth-order valence-corrected chi connectivity index (χ4v) is 18.2. The average Bonchev–Trinajstić information content (AvgIpc) is 1.59. The monoisotopic (exact) mass is 1650 g/mol. The minimum absolute atomic E-state index is 0.894. The van der Waals surface area contributed by atoms with E-state index in [9.17, 15) is 0 Å². The van der Waals surface area contributed by atoms with Crippen molar-refractivity contribution in [2.45, 2.75) is 0 Å². The van der Waals surface area contributed by atoms with Gasteiger partial charge in [-0.25, -0.2) is 9.97 Å². The predicted molar refractivity (Wildman–Crippen MR) is 511 cm³/mol. The van der Waals surface area contributed by atoms with E-state index in [1.165, 1.54) is 64.6 Å². The molecule has 2 aromatic heterocycles. The molecule has 0 amide bonds. The molecule has 0 fully saturated rings. The summed E-state index contributed by atoms with van der Waals surface area (Å²) in [6.07, 6.45) is 0. The Morgan fingerprint density at radius 1 is 0.227 bits per heavy atom. The van der Waals surface area contributed by atoms with Crippen LogP contribution in [0.15, 0.2) is 446 Å². The van der Waals surface area contributed by atoms with Gasteiger partial charge in [0.15, 0.2) is 0 Å². The molecule has 119 heavy (non-hydrogen) atoms. The molecule has 23 aromatic rings. The Labute approximate surface area is 705 Å². The van der Waals surface area contributed by atoms with Gasteiger partial charge in [-0.2, -0.15) is 0 Å². The first kappa shape index (κ1) is 72.0. The van der Waals surface area contributed by atoms with Crippen LogP contribution < -0.4 is 15.1 Å². The minimum atomic E-state index is 0.894. The van der Waals surface area contributed by atoms with E-state index in [0.29, 0.717) is 0 Å². The number of benzene rings is 21. The van der Waals surface area contributed by atoms with Gasteiger partial charge in [0, 0.05) is 103 Å². The van der Waals surface area contributed by atoms with E-state index in [0.717, 1.165) is 143 Å². The average molecular weight is 1650 g/mol. The van der Waals surface area contributed by atoms with Crippen LogP contribution in [0.5, 0.6) is 0 Å². The second-order valence-corrected chi connectivity index (χ2v) is 31.7. The van der Waals surface area contributed by atoms with Crippen LogP contribution in [0.2, 0.25) is 0 Å². The first-order chi connectivity index (χ1) is 58.9. The zero-order chi connectivity index (χ0) is 79.3. The van der Waals surface area contributed by atoms with Crippen LogP contribution in [0.25, 0.3) is 153 Å². The summed E-state index contributed by atoms with van der Waals surface area (Å²) in [4.78, 5) is 16.0. The summed E-state index contributed by atoms with van der Waals surface area (Å²) in [5.74, 6) is 1.84. The highest BCUT2D eigenvalue weighted by Gasteiger charge is 2.27. The summed E-state index contributed by atoms with van der Waals surface area (Å²) < 4.78 is 6.82. The molecule has 1 N–H and O–H groups in total. The van der Waals surface area contributed by atoms with Crippen LogP contribution in [0.4, 0.5) is 45.5 Å². The molecule has 0 atom stereocenters. The quantitative estimate of drug-likeness (QED) is 0.124. The van der Waals surface area contributed by atoms with E-state index >= 15 is 0 Å². The van der Waals surface area contributed by atoms with E-state index in [2.05, 4.69) is 475 Å². The molecule has 0 saturated carbocycles. The second-order valence-electron chi connectivity index (χ2n) is 29.9. The van der Waals surface area contributed by atoms with Gasteiger partial charge in [-0.3, -0.25) is 9.13 Å². The predicted octanol–water partition coefficient (Wildman–Crippen LogP) is 31.7. The van der Waals surface area contributed by atoms with E-state index in [-0.39, 0.29) is 0 Å². The first-order valence-corrected chi connectivity index (χ1v) is 41.7. The lowest BCUT2D eigenvalue weighted by atomic mass is 9.97. The van der Waals surface area contributed by atoms with Crippen molar-refractivity contribution in [2.24, 2.45) is 0 Å². The normalized spacial score (nSPS) is 11.4. The van der Waals surface area contributed by atoms with Gasteiger partial charge in [0.1, 0.15) is 11.6 Å². The Hall–Kier alpha value is -14.7. The molecular weight excluding hydrogens is 1580 g/mol. The topological polar surface area (TPSA) is 54.2 Å². The van der Waals surface area contributed by atoms with Crippen molar-refractivity contribution in [3.63, 3.8) is 0 Å². The number of nitrogens with zero attached hydrogens (tertiary/aromatic N) is 6. The van der Waals surface area contributed by atoms with Crippen molar-refractivity contribution in [2.75, 3.05) is 15.1 Å². The van der Waals surface area contributed by atoms with Gasteiger partial charge in [-0.15, -0.1) is 0 Å². The summed E-state index contributed by atoms with van der Waals surface area (Å²) in [5.41, 5.74) is 17.2. The molecule has 0 aliphatic heterocycles. The number of fused-ring (bicyclic) bond motifs is 17. The Balaban J connectivity index is 0.000000139. The Bertz CT molecular complexity index is 7780. The summed E-state index contributed by atoms with van der Waals surface area (Å²) in [5, 5.41) is 24.7. The summed E-state index contributed by atoms with van der Waals surface area (Å²) >= 11 is 7.42. The lowest BCUT2D eigenvalue weighted by Crippen LogP contribution is -2.11. The first-order valence-electron chi connectivity index (χ1n) is 40.1. The van der Waals surface area contributed by atoms with Gasteiger partial charge in [-0.1, -0.05) is 341 Å². The molecule has 9 heteroatoms. The molecule has 562 valence electrons. The third kappa shape index (κ3) is 13.3. The number of halogens is 2. The number of aromatic nitrogens is 4. The van der Waals surface area contributed by atoms with E-state index in [1.807, 2.05) is 18.2 Å². The van der Waals surface area contributed by atoms with Gasteiger partial charge >= 0.3 is 0 Å². The molecule has 2 heterocycles. The van der Waals surface area contributed by atoms with E-state index in [4.69, 9.17) is 9.97 Å². The molecule has 0 saturated heterocycles. The standard InChI is InChI=1S/C63H42N4.C31H18Br2N2.C16H13N/c1-4-25-46(26-5-1)65(59-35-17-23-44-20-11-14-32-52(44)59)49-37-39-54-55-40-38-50(66(47-27-6-2-7-28-47)60-36-18-24-45-21-12-15-33-53(45)60)42-58(55)62-61(57(54)41-49)64-63(67(62)48-29-8-3-9-30-48)56-34-16-22-43-19-10-13-31-51(43)56;32-20-13-15-24-25-16-14-21(33)18-28(25)30-29(27(24)17-20)34-31(35(30)22-9-2-1-3-10-22)26-12-6-8-19-7-4-5-11-23(19)26;1-2-9-14(10-3-1)17-16-12-6-8-13-7-4-5-11-15(13)16/h1-42H;1-18H;1-12,17H. The maximum atomic E-state index is 5.85. The Morgan fingerprint density at radius 2 is 0.546 bits per heavy atom. The molecule has 0 spiro atoms. The van der Waals surface area contributed by atoms with Gasteiger partial charge in [0.2, 0.25) is 0 Å². The number of anilines is 8. The third-order valence-corrected chi connectivity index (χ3v) is 23.8. The van der Waals surface area contributed by atoms with Crippen molar-refractivity contribution in [1.29, 1.82) is 0 Å².